The molecule has 1 fully saturated rings. The van der Waals surface area contributed by atoms with Gasteiger partial charge in [0.05, 0.1) is 7.11 Å². The summed E-state index contributed by atoms with van der Waals surface area (Å²) in [7, 11) is 0.636. The molecule has 6 heteroatoms. The van der Waals surface area contributed by atoms with Crippen LogP contribution in [0, 0.1) is 0 Å². The molecule has 1 atom stereocenters. The Morgan fingerprint density at radius 2 is 1.72 bits per heavy atom. The van der Waals surface area contributed by atoms with E-state index in [2.05, 4.69) is 11.0 Å². The summed E-state index contributed by atoms with van der Waals surface area (Å²) < 4.78 is 16.7. The molecule has 1 unspecified atom stereocenters. The number of hydrogen-bond donors (Lipinski definition) is 0. The molecule has 0 N–H and O–H groups in total. The van der Waals surface area contributed by atoms with E-state index in [1.807, 2.05) is 23.1 Å². The maximum atomic E-state index is 12.6. The molecule has 25 heavy (non-hydrogen) atoms. The van der Waals surface area contributed by atoms with Crippen LogP contribution in [0.15, 0.2) is 53.4 Å². The van der Waals surface area contributed by atoms with E-state index < -0.39 is 10.8 Å². The second-order valence-corrected chi connectivity index (χ2v) is 7.34. The van der Waals surface area contributed by atoms with Crippen molar-refractivity contribution in [1.82, 2.24) is 4.90 Å². The van der Waals surface area contributed by atoms with E-state index in [9.17, 15) is 9.00 Å². The normalized spacial score (nSPS) is 15.8. The lowest BCUT2D eigenvalue weighted by Gasteiger charge is -2.36. The molecular formula is C19H22N2O3S. The Morgan fingerprint density at radius 3 is 2.32 bits per heavy atom. The summed E-state index contributed by atoms with van der Waals surface area (Å²) in [5.41, 5.74) is 1.75. The van der Waals surface area contributed by atoms with Crippen molar-refractivity contribution in [3.8, 4) is 5.75 Å². The number of amides is 1. The van der Waals surface area contributed by atoms with Crippen molar-refractivity contribution in [2.24, 2.45) is 0 Å². The molecular weight excluding hydrogens is 336 g/mol. The number of hydrogen-bond acceptors (Lipinski definition) is 4. The molecule has 0 saturated carbocycles. The van der Waals surface area contributed by atoms with Crippen LogP contribution in [-0.2, 0) is 10.8 Å². The van der Waals surface area contributed by atoms with Gasteiger partial charge in [0, 0.05) is 65.4 Å². The third-order valence-electron chi connectivity index (χ3n) is 4.42. The average Bonchev–Trinajstić information content (AvgIpc) is 2.67. The van der Waals surface area contributed by atoms with Crippen molar-refractivity contribution in [1.29, 1.82) is 0 Å². The van der Waals surface area contributed by atoms with Crippen molar-refractivity contribution in [2.75, 3.05) is 44.4 Å². The number of piperazine rings is 1. The molecule has 0 bridgehead atoms. The molecule has 0 radical (unpaired) electrons. The van der Waals surface area contributed by atoms with Gasteiger partial charge in [-0.25, -0.2) is 0 Å². The molecule has 1 amide bonds. The van der Waals surface area contributed by atoms with Gasteiger partial charge < -0.3 is 14.5 Å². The highest BCUT2D eigenvalue weighted by Crippen LogP contribution is 2.22. The number of anilines is 1. The van der Waals surface area contributed by atoms with Crippen LogP contribution in [-0.4, -0.2) is 54.6 Å². The van der Waals surface area contributed by atoms with E-state index in [-0.39, 0.29) is 5.91 Å². The third kappa shape index (κ3) is 4.02. The Labute approximate surface area is 150 Å². The molecule has 1 saturated heterocycles. The molecule has 1 heterocycles. The van der Waals surface area contributed by atoms with Gasteiger partial charge in [-0.2, -0.15) is 0 Å². The number of ether oxygens (including phenoxy) is 1. The summed E-state index contributed by atoms with van der Waals surface area (Å²) in [4.78, 5) is 17.5. The van der Waals surface area contributed by atoms with E-state index in [0.717, 1.165) is 29.4 Å². The lowest BCUT2D eigenvalue weighted by Crippen LogP contribution is -2.48. The fourth-order valence-electron chi connectivity index (χ4n) is 2.95. The van der Waals surface area contributed by atoms with Crippen molar-refractivity contribution < 1.29 is 13.7 Å². The van der Waals surface area contributed by atoms with Crippen LogP contribution in [0.4, 0.5) is 5.69 Å². The zero-order valence-electron chi connectivity index (χ0n) is 14.5. The Bertz CT molecular complexity index is 768. The highest BCUT2D eigenvalue weighted by atomic mass is 32.2. The Kier molecular flexibility index (Phi) is 5.38. The highest BCUT2D eigenvalue weighted by Gasteiger charge is 2.22. The Morgan fingerprint density at radius 1 is 1.04 bits per heavy atom. The van der Waals surface area contributed by atoms with E-state index in [1.165, 1.54) is 0 Å². The van der Waals surface area contributed by atoms with E-state index in [4.69, 9.17) is 4.74 Å². The fourth-order valence-corrected chi connectivity index (χ4v) is 3.47. The van der Waals surface area contributed by atoms with Gasteiger partial charge in [0.15, 0.2) is 0 Å². The third-order valence-corrected chi connectivity index (χ3v) is 5.35. The first kappa shape index (κ1) is 17.5. The van der Waals surface area contributed by atoms with Crippen LogP contribution in [0.3, 0.4) is 0 Å². The van der Waals surface area contributed by atoms with E-state index in [0.29, 0.717) is 18.7 Å². The lowest BCUT2D eigenvalue weighted by atomic mass is 10.1. The van der Waals surface area contributed by atoms with Crippen molar-refractivity contribution >= 4 is 22.4 Å². The molecule has 3 rings (SSSR count). The van der Waals surface area contributed by atoms with Gasteiger partial charge in [-0.05, 0) is 36.4 Å². The molecule has 132 valence electrons. The topological polar surface area (TPSA) is 49.9 Å². The average molecular weight is 358 g/mol. The first-order valence-corrected chi connectivity index (χ1v) is 9.76. The van der Waals surface area contributed by atoms with Crippen molar-refractivity contribution in [2.45, 2.75) is 4.90 Å². The SMILES string of the molecule is COc1cccc(N2CCN(C(=O)c3ccc(S(C)=O)cc3)CC2)c1. The zero-order chi connectivity index (χ0) is 17.8. The molecule has 0 aliphatic carbocycles. The standard InChI is InChI=1S/C19H22N2O3S/c1-24-17-5-3-4-16(14-17)20-10-12-21(13-11-20)19(22)15-6-8-18(9-7-15)25(2)23/h3-9,14H,10-13H2,1-2H3. The van der Waals surface area contributed by atoms with Gasteiger partial charge >= 0.3 is 0 Å². The Hall–Kier alpha value is -2.34. The Balaban J connectivity index is 1.63. The summed E-state index contributed by atoms with van der Waals surface area (Å²) in [6, 6.07) is 15.0. The monoisotopic (exact) mass is 358 g/mol. The van der Waals surface area contributed by atoms with Crippen molar-refractivity contribution in [3.05, 3.63) is 54.1 Å². The summed E-state index contributed by atoms with van der Waals surface area (Å²) in [5, 5.41) is 0. The van der Waals surface area contributed by atoms with Crippen molar-refractivity contribution in [3.63, 3.8) is 0 Å². The number of benzene rings is 2. The van der Waals surface area contributed by atoms with Gasteiger partial charge in [0.2, 0.25) is 0 Å². The number of carbonyl (C=O) groups excluding carboxylic acids is 1. The maximum Gasteiger partial charge on any atom is 0.253 e. The minimum atomic E-state index is -1.03. The van der Waals surface area contributed by atoms with Crippen LogP contribution in [0.1, 0.15) is 10.4 Å². The molecule has 5 nitrogen and oxygen atoms in total. The molecule has 1 aliphatic rings. The summed E-state index contributed by atoms with van der Waals surface area (Å²) in [5.74, 6) is 0.864. The van der Waals surface area contributed by atoms with Gasteiger partial charge in [0.25, 0.3) is 5.91 Å². The van der Waals surface area contributed by atoms with Gasteiger partial charge in [-0.1, -0.05) is 6.07 Å². The number of carbonyl (C=O) groups is 1. The molecule has 2 aromatic carbocycles. The van der Waals surface area contributed by atoms with Gasteiger partial charge in [-0.15, -0.1) is 0 Å². The van der Waals surface area contributed by atoms with Crippen LogP contribution >= 0.6 is 0 Å². The van der Waals surface area contributed by atoms with Crippen LogP contribution in [0.2, 0.25) is 0 Å². The predicted molar refractivity (Wildman–Crippen MR) is 99.9 cm³/mol. The number of methoxy groups -OCH3 is 1. The van der Waals surface area contributed by atoms with Crippen LogP contribution in [0.25, 0.3) is 0 Å². The minimum Gasteiger partial charge on any atom is -0.497 e. The lowest BCUT2D eigenvalue weighted by molar-refractivity contribution is 0.0746. The first-order valence-electron chi connectivity index (χ1n) is 8.20. The smallest absolute Gasteiger partial charge is 0.253 e. The van der Waals surface area contributed by atoms with E-state index >= 15 is 0 Å². The maximum absolute atomic E-state index is 12.6. The van der Waals surface area contributed by atoms with E-state index in [1.54, 1.807) is 37.6 Å². The fraction of sp³-hybridized carbons (Fsp3) is 0.316. The molecule has 0 aromatic heterocycles. The minimum absolute atomic E-state index is 0.0266. The summed E-state index contributed by atoms with van der Waals surface area (Å²) >= 11 is 0. The number of rotatable bonds is 4. The quantitative estimate of drug-likeness (QED) is 0.842. The van der Waals surface area contributed by atoms with Crippen LogP contribution < -0.4 is 9.64 Å². The molecule has 0 spiro atoms. The van der Waals surface area contributed by atoms with Gasteiger partial charge in [-0.3, -0.25) is 9.00 Å². The number of nitrogens with zero attached hydrogens (tertiary/aromatic N) is 2. The predicted octanol–water partition coefficient (Wildman–Crippen LogP) is 2.40. The van der Waals surface area contributed by atoms with Crippen LogP contribution in [0.5, 0.6) is 5.75 Å². The van der Waals surface area contributed by atoms with Gasteiger partial charge in [0.1, 0.15) is 5.75 Å². The second kappa shape index (κ2) is 7.70. The first-order chi connectivity index (χ1) is 12.1. The molecule has 2 aromatic rings. The molecule has 1 aliphatic heterocycles. The summed E-state index contributed by atoms with van der Waals surface area (Å²) in [6.07, 6.45) is 1.63. The largest absolute Gasteiger partial charge is 0.497 e. The highest BCUT2D eigenvalue weighted by molar-refractivity contribution is 7.84. The summed E-state index contributed by atoms with van der Waals surface area (Å²) in [6.45, 7) is 2.93. The zero-order valence-corrected chi connectivity index (χ0v) is 15.3. The second-order valence-electron chi connectivity index (χ2n) is 5.96.